The number of hydrogen-bond donors (Lipinski definition) is 3. The molecule has 1 rings (SSSR count). The molecular formula is C12H24ClN3O3. The fourth-order valence-corrected chi connectivity index (χ4v) is 1.47. The monoisotopic (exact) mass is 293 g/mol. The van der Waals surface area contributed by atoms with E-state index in [9.17, 15) is 9.59 Å². The molecule has 0 aromatic heterocycles. The summed E-state index contributed by atoms with van der Waals surface area (Å²) >= 11 is 0. The number of carbonyl (C=O) groups is 2. The van der Waals surface area contributed by atoms with Crippen LogP contribution in [0.15, 0.2) is 0 Å². The highest BCUT2D eigenvalue weighted by atomic mass is 35.5. The molecule has 1 atom stereocenters. The van der Waals surface area contributed by atoms with Crippen LogP contribution in [0.4, 0.5) is 0 Å². The molecule has 0 aliphatic carbocycles. The second-order valence-electron chi connectivity index (χ2n) is 5.36. The third-order valence-electron chi connectivity index (χ3n) is 2.61. The van der Waals surface area contributed by atoms with Crippen LogP contribution in [0, 0.1) is 5.41 Å². The molecule has 2 amide bonds. The van der Waals surface area contributed by atoms with E-state index in [2.05, 4.69) is 16.0 Å². The van der Waals surface area contributed by atoms with E-state index in [0.717, 1.165) is 6.54 Å². The Morgan fingerprint density at radius 2 is 1.89 bits per heavy atom. The molecule has 3 N–H and O–H groups in total. The zero-order chi connectivity index (χ0) is 13.6. The zero-order valence-electron chi connectivity index (χ0n) is 11.7. The SMILES string of the molecule is CC(C)(C)C(=O)NCCNC(=O)C1CNCCO1.Cl. The van der Waals surface area contributed by atoms with Gasteiger partial charge >= 0.3 is 0 Å². The van der Waals surface area contributed by atoms with Gasteiger partial charge < -0.3 is 20.7 Å². The largest absolute Gasteiger partial charge is 0.366 e. The number of amides is 2. The van der Waals surface area contributed by atoms with Gasteiger partial charge in [0.2, 0.25) is 5.91 Å². The maximum Gasteiger partial charge on any atom is 0.250 e. The van der Waals surface area contributed by atoms with Gasteiger partial charge in [-0.3, -0.25) is 9.59 Å². The molecule has 0 saturated carbocycles. The molecule has 6 nitrogen and oxygen atoms in total. The van der Waals surface area contributed by atoms with E-state index in [-0.39, 0.29) is 24.2 Å². The van der Waals surface area contributed by atoms with Crippen molar-refractivity contribution in [2.24, 2.45) is 5.41 Å². The van der Waals surface area contributed by atoms with E-state index in [0.29, 0.717) is 26.2 Å². The standard InChI is InChI=1S/C12H23N3O3.ClH/c1-12(2,3)11(17)15-5-4-14-10(16)9-8-13-6-7-18-9;/h9,13H,4-8H2,1-3H3,(H,14,16)(H,15,17);1H. The molecule has 1 unspecified atom stereocenters. The summed E-state index contributed by atoms with van der Waals surface area (Å²) in [6.45, 7) is 8.28. The van der Waals surface area contributed by atoms with Crippen molar-refractivity contribution in [2.75, 3.05) is 32.8 Å². The van der Waals surface area contributed by atoms with E-state index < -0.39 is 11.5 Å². The van der Waals surface area contributed by atoms with Gasteiger partial charge in [0.1, 0.15) is 6.10 Å². The summed E-state index contributed by atoms with van der Waals surface area (Å²) in [5.74, 6) is -0.153. The lowest BCUT2D eigenvalue weighted by Crippen LogP contribution is -2.49. The molecule has 0 bridgehead atoms. The van der Waals surface area contributed by atoms with E-state index >= 15 is 0 Å². The van der Waals surface area contributed by atoms with Crippen LogP contribution in [0.2, 0.25) is 0 Å². The molecule has 1 saturated heterocycles. The lowest BCUT2D eigenvalue weighted by Gasteiger charge is -2.23. The second kappa shape index (κ2) is 8.35. The lowest BCUT2D eigenvalue weighted by molar-refractivity contribution is -0.134. The molecule has 0 spiro atoms. The van der Waals surface area contributed by atoms with Crippen LogP contribution in [-0.2, 0) is 14.3 Å². The zero-order valence-corrected chi connectivity index (χ0v) is 12.6. The Kier molecular flexibility index (Phi) is 7.97. The number of hydrogen-bond acceptors (Lipinski definition) is 4. The molecule has 112 valence electrons. The fraction of sp³-hybridized carbons (Fsp3) is 0.833. The van der Waals surface area contributed by atoms with Gasteiger partial charge in [0.25, 0.3) is 5.91 Å². The average Bonchev–Trinajstić information content (AvgIpc) is 2.34. The highest BCUT2D eigenvalue weighted by Crippen LogP contribution is 2.11. The molecule has 19 heavy (non-hydrogen) atoms. The summed E-state index contributed by atoms with van der Waals surface area (Å²) in [6, 6.07) is 0. The number of halogens is 1. The number of morpholine rings is 1. The van der Waals surface area contributed by atoms with Crippen LogP contribution in [0.5, 0.6) is 0 Å². The first-order valence-corrected chi connectivity index (χ1v) is 6.29. The van der Waals surface area contributed by atoms with Crippen molar-refractivity contribution < 1.29 is 14.3 Å². The maximum absolute atomic E-state index is 11.7. The molecule has 0 aromatic carbocycles. The predicted molar refractivity (Wildman–Crippen MR) is 75.3 cm³/mol. The summed E-state index contributed by atoms with van der Waals surface area (Å²) < 4.78 is 5.31. The van der Waals surface area contributed by atoms with Gasteiger partial charge in [-0.1, -0.05) is 20.8 Å². The Hall–Kier alpha value is -0.850. The van der Waals surface area contributed by atoms with Crippen LogP contribution < -0.4 is 16.0 Å². The molecule has 7 heteroatoms. The molecular weight excluding hydrogens is 270 g/mol. The highest BCUT2D eigenvalue weighted by molar-refractivity contribution is 5.85. The highest BCUT2D eigenvalue weighted by Gasteiger charge is 2.22. The molecule has 1 fully saturated rings. The minimum absolute atomic E-state index is 0. The molecule has 1 aliphatic rings. The Labute approximate surface area is 120 Å². The van der Waals surface area contributed by atoms with Gasteiger partial charge in [0, 0.05) is 31.6 Å². The Bertz CT molecular complexity index is 299. The first kappa shape index (κ1) is 18.1. The van der Waals surface area contributed by atoms with Crippen molar-refractivity contribution in [1.82, 2.24) is 16.0 Å². The normalized spacial score (nSPS) is 19.2. The third-order valence-corrected chi connectivity index (χ3v) is 2.61. The van der Waals surface area contributed by atoms with E-state index in [1.807, 2.05) is 20.8 Å². The van der Waals surface area contributed by atoms with E-state index in [1.54, 1.807) is 0 Å². The van der Waals surface area contributed by atoms with Crippen LogP contribution >= 0.6 is 12.4 Å². The van der Waals surface area contributed by atoms with Crippen molar-refractivity contribution in [2.45, 2.75) is 26.9 Å². The third kappa shape index (κ3) is 6.75. The first-order valence-electron chi connectivity index (χ1n) is 6.29. The quantitative estimate of drug-likeness (QED) is 0.621. The van der Waals surface area contributed by atoms with Crippen LogP contribution in [0.3, 0.4) is 0 Å². The van der Waals surface area contributed by atoms with Crippen molar-refractivity contribution in [3.8, 4) is 0 Å². The maximum atomic E-state index is 11.7. The number of nitrogens with one attached hydrogen (secondary N) is 3. The van der Waals surface area contributed by atoms with Crippen molar-refractivity contribution >= 4 is 24.2 Å². The number of rotatable bonds is 4. The average molecular weight is 294 g/mol. The smallest absolute Gasteiger partial charge is 0.250 e. The van der Waals surface area contributed by atoms with Gasteiger partial charge in [-0.15, -0.1) is 12.4 Å². The van der Waals surface area contributed by atoms with Crippen molar-refractivity contribution in [3.05, 3.63) is 0 Å². The topological polar surface area (TPSA) is 79.5 Å². The summed E-state index contributed by atoms with van der Waals surface area (Å²) in [5, 5.41) is 8.60. The minimum Gasteiger partial charge on any atom is -0.366 e. The molecule has 1 aliphatic heterocycles. The summed E-state index contributed by atoms with van der Waals surface area (Å²) in [7, 11) is 0. The second-order valence-corrected chi connectivity index (χ2v) is 5.36. The van der Waals surface area contributed by atoms with E-state index in [1.165, 1.54) is 0 Å². The lowest BCUT2D eigenvalue weighted by atomic mass is 9.96. The van der Waals surface area contributed by atoms with Crippen LogP contribution in [0.25, 0.3) is 0 Å². The Balaban J connectivity index is 0.00000324. The van der Waals surface area contributed by atoms with E-state index in [4.69, 9.17) is 4.74 Å². The minimum atomic E-state index is -0.419. The molecule has 0 aromatic rings. The summed E-state index contributed by atoms with van der Waals surface area (Å²) in [6.07, 6.45) is -0.419. The summed E-state index contributed by atoms with van der Waals surface area (Å²) in [5.41, 5.74) is -0.402. The Morgan fingerprint density at radius 1 is 1.26 bits per heavy atom. The van der Waals surface area contributed by atoms with Gasteiger partial charge in [0.05, 0.1) is 6.61 Å². The van der Waals surface area contributed by atoms with Gasteiger partial charge in [-0.05, 0) is 0 Å². The van der Waals surface area contributed by atoms with Gasteiger partial charge in [-0.25, -0.2) is 0 Å². The first-order chi connectivity index (χ1) is 8.41. The number of carbonyl (C=O) groups excluding carboxylic acids is 2. The van der Waals surface area contributed by atoms with Crippen LogP contribution in [0.1, 0.15) is 20.8 Å². The van der Waals surface area contributed by atoms with Gasteiger partial charge in [-0.2, -0.15) is 0 Å². The van der Waals surface area contributed by atoms with Gasteiger partial charge in [0.15, 0.2) is 0 Å². The number of ether oxygens (including phenoxy) is 1. The van der Waals surface area contributed by atoms with Crippen molar-refractivity contribution in [3.63, 3.8) is 0 Å². The fourth-order valence-electron chi connectivity index (χ4n) is 1.47. The van der Waals surface area contributed by atoms with Crippen LogP contribution in [-0.4, -0.2) is 50.7 Å². The molecule has 0 radical (unpaired) electrons. The predicted octanol–water partition coefficient (Wildman–Crippen LogP) is -0.325. The van der Waals surface area contributed by atoms with Crippen molar-refractivity contribution in [1.29, 1.82) is 0 Å². The Morgan fingerprint density at radius 3 is 2.42 bits per heavy atom. The molecule has 1 heterocycles. The summed E-state index contributed by atoms with van der Waals surface area (Å²) in [4.78, 5) is 23.2.